The van der Waals surface area contributed by atoms with Crippen molar-refractivity contribution in [3.8, 4) is 0 Å². The summed E-state index contributed by atoms with van der Waals surface area (Å²) in [5.41, 5.74) is 0.812. The smallest absolute Gasteiger partial charge is 0.388 e. The maximum atomic E-state index is 10.3. The number of aliphatic carboxylic acids is 1. The van der Waals surface area contributed by atoms with Gasteiger partial charge in [-0.2, -0.15) is 0 Å². The van der Waals surface area contributed by atoms with E-state index in [0.717, 1.165) is 0 Å². The molecule has 0 fully saturated rings. The molecule has 4 nitrogen and oxygen atoms in total. The van der Waals surface area contributed by atoms with Gasteiger partial charge in [0.05, 0.1) is 12.0 Å². The molecule has 1 aromatic rings. The molecule has 1 aromatic carbocycles. The van der Waals surface area contributed by atoms with E-state index in [2.05, 4.69) is 4.98 Å². The van der Waals surface area contributed by atoms with Gasteiger partial charge >= 0.3 is 11.7 Å². The monoisotopic (exact) mass is 163 g/mol. The van der Waals surface area contributed by atoms with E-state index < -0.39 is 5.97 Å². The largest absolute Gasteiger partial charge is 0.481 e. The van der Waals surface area contributed by atoms with Crippen molar-refractivity contribution >= 4 is 11.7 Å². The van der Waals surface area contributed by atoms with Crippen molar-refractivity contribution in [2.24, 2.45) is 0 Å². The van der Waals surface area contributed by atoms with Crippen LogP contribution in [-0.4, -0.2) is 11.1 Å². The normalized spacial score (nSPS) is 8.92. The molecular weight excluding hydrogens is 156 g/mol. The number of carbonyl (C=O) groups is 1. The molecule has 0 aromatic heterocycles. The van der Waals surface area contributed by atoms with Crippen LogP contribution in [0.3, 0.4) is 0 Å². The van der Waals surface area contributed by atoms with Crippen LogP contribution in [0, 0.1) is 5.39 Å². The molecule has 1 rings (SSSR count). The summed E-state index contributed by atoms with van der Waals surface area (Å²) in [6.45, 7) is 0. The van der Waals surface area contributed by atoms with Gasteiger partial charge in [-0.05, 0) is 0 Å². The van der Waals surface area contributed by atoms with E-state index in [-0.39, 0.29) is 6.42 Å². The standard InChI is InChI=1S/C8H6N2O2/c9-10-7-4-2-1-3-6(7)5-8(11)12/h1-4H,5H2/p+1. The van der Waals surface area contributed by atoms with E-state index in [9.17, 15) is 4.79 Å². The van der Waals surface area contributed by atoms with Gasteiger partial charge in [-0.3, -0.25) is 4.79 Å². The zero-order chi connectivity index (χ0) is 8.97. The van der Waals surface area contributed by atoms with Gasteiger partial charge in [-0.15, -0.1) is 0 Å². The fraction of sp³-hybridized carbons (Fsp3) is 0.125. The van der Waals surface area contributed by atoms with Crippen LogP contribution in [-0.2, 0) is 11.2 Å². The maximum absolute atomic E-state index is 10.3. The lowest BCUT2D eigenvalue weighted by atomic mass is 10.1. The lowest BCUT2D eigenvalue weighted by molar-refractivity contribution is -0.136. The molecule has 0 bridgehead atoms. The highest BCUT2D eigenvalue weighted by molar-refractivity contribution is 5.73. The van der Waals surface area contributed by atoms with Gasteiger partial charge in [-0.1, -0.05) is 18.2 Å². The Balaban J connectivity index is 2.99. The molecule has 0 aliphatic carbocycles. The summed E-state index contributed by atoms with van der Waals surface area (Å²) in [5, 5.41) is 16.9. The summed E-state index contributed by atoms with van der Waals surface area (Å²) in [6, 6.07) is 6.55. The second-order valence-corrected chi connectivity index (χ2v) is 2.30. The number of hydrogen-bond acceptors (Lipinski definition) is 2. The minimum atomic E-state index is -0.939. The Morgan fingerprint density at radius 1 is 1.50 bits per heavy atom. The first kappa shape index (κ1) is 8.21. The molecular formula is C8H7N2O2+. The van der Waals surface area contributed by atoms with Gasteiger partial charge in [0.25, 0.3) is 0 Å². The Morgan fingerprint density at radius 3 is 2.75 bits per heavy atom. The third kappa shape index (κ3) is 1.80. The van der Waals surface area contributed by atoms with Crippen molar-refractivity contribution in [1.82, 2.24) is 0 Å². The highest BCUT2D eigenvalue weighted by Crippen LogP contribution is 2.18. The van der Waals surface area contributed by atoms with Crippen LogP contribution < -0.4 is 0 Å². The molecule has 1 N–H and O–H groups in total. The Hall–Kier alpha value is -1.89. The summed E-state index contributed by atoms with van der Waals surface area (Å²) in [4.78, 5) is 13.3. The first-order valence-corrected chi connectivity index (χ1v) is 3.39. The van der Waals surface area contributed by atoms with Gasteiger partial charge in [0.15, 0.2) is 4.98 Å². The fourth-order valence-corrected chi connectivity index (χ4v) is 0.921. The van der Waals surface area contributed by atoms with Gasteiger partial charge < -0.3 is 5.11 Å². The van der Waals surface area contributed by atoms with E-state index >= 15 is 0 Å². The van der Waals surface area contributed by atoms with Crippen LogP contribution >= 0.6 is 0 Å². The van der Waals surface area contributed by atoms with E-state index in [0.29, 0.717) is 11.3 Å². The minimum absolute atomic E-state index is 0.125. The van der Waals surface area contributed by atoms with Crippen LogP contribution in [0.25, 0.3) is 4.98 Å². The van der Waals surface area contributed by atoms with Gasteiger partial charge in [0.1, 0.15) is 0 Å². The van der Waals surface area contributed by atoms with E-state index in [1.165, 1.54) is 0 Å². The highest BCUT2D eigenvalue weighted by Gasteiger charge is 2.14. The predicted octanol–water partition coefficient (Wildman–Crippen LogP) is 1.80. The molecule has 0 saturated heterocycles. The molecule has 0 radical (unpaired) electrons. The molecule has 0 saturated carbocycles. The zero-order valence-electron chi connectivity index (χ0n) is 6.27. The van der Waals surface area contributed by atoms with Crippen LogP contribution in [0.1, 0.15) is 5.56 Å². The summed E-state index contributed by atoms with van der Waals surface area (Å²) >= 11 is 0. The van der Waals surface area contributed by atoms with Crippen molar-refractivity contribution in [1.29, 1.82) is 5.39 Å². The predicted molar refractivity (Wildman–Crippen MR) is 42.5 cm³/mol. The van der Waals surface area contributed by atoms with Crippen LogP contribution in [0.5, 0.6) is 0 Å². The molecule has 0 heterocycles. The Bertz CT molecular complexity index is 341. The number of benzene rings is 1. The Kier molecular flexibility index (Phi) is 2.38. The van der Waals surface area contributed by atoms with Gasteiger partial charge in [-0.25, -0.2) is 0 Å². The van der Waals surface area contributed by atoms with Crippen LogP contribution in [0.15, 0.2) is 24.3 Å². The number of rotatable bonds is 2. The van der Waals surface area contributed by atoms with Crippen molar-refractivity contribution < 1.29 is 9.90 Å². The second-order valence-electron chi connectivity index (χ2n) is 2.30. The second kappa shape index (κ2) is 3.49. The summed E-state index contributed by atoms with van der Waals surface area (Å²) in [7, 11) is 0. The Morgan fingerprint density at radius 2 is 2.17 bits per heavy atom. The minimum Gasteiger partial charge on any atom is -0.481 e. The molecule has 0 aliphatic heterocycles. The van der Waals surface area contributed by atoms with Crippen molar-refractivity contribution in [2.75, 3.05) is 0 Å². The topological polar surface area (TPSA) is 65.5 Å². The third-order valence-electron chi connectivity index (χ3n) is 1.44. The SMILES string of the molecule is N#[N+]c1ccccc1CC(=O)O. The first-order chi connectivity index (χ1) is 5.74. The molecule has 0 spiro atoms. The van der Waals surface area contributed by atoms with Crippen molar-refractivity contribution in [3.63, 3.8) is 0 Å². The Labute approximate surface area is 69.1 Å². The van der Waals surface area contributed by atoms with Crippen LogP contribution in [0.4, 0.5) is 5.69 Å². The molecule has 4 heteroatoms. The molecule has 60 valence electrons. The summed E-state index contributed by atoms with van der Waals surface area (Å²) in [5.74, 6) is -0.939. The van der Waals surface area contributed by atoms with E-state index in [4.69, 9.17) is 10.5 Å². The summed E-state index contributed by atoms with van der Waals surface area (Å²) < 4.78 is 0. The zero-order valence-corrected chi connectivity index (χ0v) is 6.27. The van der Waals surface area contributed by atoms with E-state index in [1.54, 1.807) is 24.3 Å². The van der Waals surface area contributed by atoms with Crippen LogP contribution in [0.2, 0.25) is 0 Å². The number of carboxylic acids is 1. The van der Waals surface area contributed by atoms with Crippen molar-refractivity contribution in [3.05, 3.63) is 34.8 Å². The molecule has 0 atom stereocenters. The summed E-state index contributed by atoms with van der Waals surface area (Å²) in [6.07, 6.45) is -0.125. The average molecular weight is 163 g/mol. The van der Waals surface area contributed by atoms with Gasteiger partial charge in [0, 0.05) is 6.07 Å². The molecule has 0 aliphatic rings. The molecule has 0 amide bonds. The third-order valence-corrected chi connectivity index (χ3v) is 1.44. The highest BCUT2D eigenvalue weighted by atomic mass is 16.4. The van der Waals surface area contributed by atoms with E-state index in [1.807, 2.05) is 0 Å². The number of nitrogens with zero attached hydrogens (tertiary/aromatic N) is 2. The van der Waals surface area contributed by atoms with Gasteiger partial charge in [0.2, 0.25) is 5.39 Å². The lowest BCUT2D eigenvalue weighted by Crippen LogP contribution is -1.99. The number of carboxylic acid groups (broad SMARTS) is 1. The number of hydrogen-bond donors (Lipinski definition) is 1. The average Bonchev–Trinajstić information content (AvgIpc) is 2.04. The maximum Gasteiger partial charge on any atom is 0.388 e. The molecule has 12 heavy (non-hydrogen) atoms. The lowest BCUT2D eigenvalue weighted by Gasteiger charge is -1.90. The fourth-order valence-electron chi connectivity index (χ4n) is 0.921. The van der Waals surface area contributed by atoms with Crippen molar-refractivity contribution in [2.45, 2.75) is 6.42 Å². The first-order valence-electron chi connectivity index (χ1n) is 3.39. The molecule has 0 unspecified atom stereocenters. The number of diazo groups is 1. The quantitative estimate of drug-likeness (QED) is 0.676.